The van der Waals surface area contributed by atoms with E-state index >= 15 is 0 Å². The average molecular weight is 243 g/mol. The van der Waals surface area contributed by atoms with Gasteiger partial charge in [0.25, 0.3) is 0 Å². The fourth-order valence-corrected chi connectivity index (χ4v) is 1.28. The third kappa shape index (κ3) is 4.91. The minimum Gasteiger partial charge on any atom is -0.462 e. The summed E-state index contributed by atoms with van der Waals surface area (Å²) >= 11 is 0. The first-order valence-electron chi connectivity index (χ1n) is 5.33. The van der Waals surface area contributed by atoms with Crippen molar-refractivity contribution in [3.05, 3.63) is 35.4 Å². The maximum atomic E-state index is 13.2. The van der Waals surface area contributed by atoms with Crippen LogP contribution in [-0.4, -0.2) is 18.6 Å². The minimum absolute atomic E-state index is 0.0336. The summed E-state index contributed by atoms with van der Waals surface area (Å²) in [5.74, 6) is -1.43. The van der Waals surface area contributed by atoms with Crippen molar-refractivity contribution in [1.29, 1.82) is 0 Å². The van der Waals surface area contributed by atoms with Gasteiger partial charge in [-0.3, -0.25) is 4.79 Å². The van der Waals surface area contributed by atoms with E-state index in [1.807, 2.05) is 0 Å². The monoisotopic (exact) mass is 243 g/mol. The molecule has 1 N–H and O–H groups in total. The Hall–Kier alpha value is -1.49. The lowest BCUT2D eigenvalue weighted by atomic mass is 10.2. The van der Waals surface area contributed by atoms with E-state index in [9.17, 15) is 13.6 Å². The van der Waals surface area contributed by atoms with E-state index < -0.39 is 17.6 Å². The van der Waals surface area contributed by atoms with Crippen molar-refractivity contribution < 1.29 is 18.3 Å². The van der Waals surface area contributed by atoms with Crippen molar-refractivity contribution in [3.8, 4) is 0 Å². The maximum Gasteiger partial charge on any atom is 0.320 e. The minimum atomic E-state index is -0.507. The number of rotatable bonds is 5. The molecule has 0 spiro atoms. The van der Waals surface area contributed by atoms with Crippen molar-refractivity contribution in [2.75, 3.05) is 6.54 Å². The first-order valence-corrected chi connectivity index (χ1v) is 5.33. The van der Waals surface area contributed by atoms with Crippen LogP contribution in [0.15, 0.2) is 18.2 Å². The van der Waals surface area contributed by atoms with Gasteiger partial charge < -0.3 is 10.1 Å². The Morgan fingerprint density at radius 3 is 2.76 bits per heavy atom. The molecule has 1 rings (SSSR count). The lowest BCUT2D eigenvalue weighted by Gasteiger charge is -2.09. The summed E-state index contributed by atoms with van der Waals surface area (Å²) in [7, 11) is 0. The molecule has 17 heavy (non-hydrogen) atoms. The van der Waals surface area contributed by atoms with Crippen LogP contribution in [0.2, 0.25) is 0 Å². The highest BCUT2D eigenvalue weighted by Gasteiger charge is 2.07. The molecule has 1 aromatic rings. The number of benzene rings is 1. The number of carbonyl (C=O) groups is 1. The fourth-order valence-electron chi connectivity index (χ4n) is 1.28. The van der Waals surface area contributed by atoms with E-state index in [4.69, 9.17) is 4.74 Å². The second-order valence-corrected chi connectivity index (χ2v) is 3.88. The molecule has 0 aliphatic carbocycles. The zero-order valence-corrected chi connectivity index (χ0v) is 9.80. The topological polar surface area (TPSA) is 38.3 Å². The number of esters is 1. The normalized spacial score (nSPS) is 10.6. The summed E-state index contributed by atoms with van der Waals surface area (Å²) in [6.45, 7) is 3.53. The molecule has 0 aromatic heterocycles. The molecule has 1 aromatic carbocycles. The fraction of sp³-hybridized carbons (Fsp3) is 0.417. The van der Waals surface area contributed by atoms with Crippen LogP contribution in [0.3, 0.4) is 0 Å². The summed E-state index contributed by atoms with van der Waals surface area (Å²) in [4.78, 5) is 11.1. The van der Waals surface area contributed by atoms with Crippen LogP contribution in [-0.2, 0) is 16.1 Å². The lowest BCUT2D eigenvalue weighted by molar-refractivity contribution is -0.146. The van der Waals surface area contributed by atoms with Gasteiger partial charge in [-0.25, -0.2) is 8.78 Å². The quantitative estimate of drug-likeness (QED) is 0.804. The van der Waals surface area contributed by atoms with Crippen molar-refractivity contribution in [1.82, 2.24) is 5.32 Å². The molecule has 3 nitrogen and oxygen atoms in total. The second kappa shape index (κ2) is 6.30. The molecule has 0 saturated heterocycles. The van der Waals surface area contributed by atoms with Crippen molar-refractivity contribution in [2.45, 2.75) is 26.5 Å². The van der Waals surface area contributed by atoms with Crippen molar-refractivity contribution in [2.24, 2.45) is 0 Å². The molecule has 0 heterocycles. The smallest absolute Gasteiger partial charge is 0.320 e. The Labute approximate surface area is 98.8 Å². The highest BCUT2D eigenvalue weighted by atomic mass is 19.1. The molecule has 0 bridgehead atoms. The zero-order valence-electron chi connectivity index (χ0n) is 9.80. The Kier molecular flexibility index (Phi) is 5.03. The molecule has 0 saturated carbocycles. The Morgan fingerprint density at radius 1 is 1.41 bits per heavy atom. The van der Waals surface area contributed by atoms with Crippen molar-refractivity contribution >= 4 is 5.97 Å². The van der Waals surface area contributed by atoms with Crippen LogP contribution >= 0.6 is 0 Å². The van der Waals surface area contributed by atoms with Gasteiger partial charge >= 0.3 is 5.97 Å². The van der Waals surface area contributed by atoms with Gasteiger partial charge in [0.1, 0.15) is 11.6 Å². The van der Waals surface area contributed by atoms with Gasteiger partial charge in [-0.1, -0.05) is 0 Å². The zero-order chi connectivity index (χ0) is 12.8. The van der Waals surface area contributed by atoms with E-state index in [1.54, 1.807) is 13.8 Å². The number of carbonyl (C=O) groups excluding carboxylic acids is 1. The predicted molar refractivity (Wildman–Crippen MR) is 59.3 cm³/mol. The summed E-state index contributed by atoms with van der Waals surface area (Å²) < 4.78 is 30.9. The van der Waals surface area contributed by atoms with Gasteiger partial charge in [-0.15, -0.1) is 0 Å². The SMILES string of the molecule is CC(C)OC(=O)CNCc1cc(F)ccc1F. The van der Waals surface area contributed by atoms with Crippen LogP contribution in [0.1, 0.15) is 19.4 Å². The van der Waals surface area contributed by atoms with E-state index in [0.29, 0.717) is 0 Å². The van der Waals surface area contributed by atoms with Gasteiger partial charge in [0.05, 0.1) is 12.6 Å². The Bertz CT molecular complexity index is 394. The van der Waals surface area contributed by atoms with E-state index in [2.05, 4.69) is 5.32 Å². The maximum absolute atomic E-state index is 13.2. The summed E-state index contributed by atoms with van der Waals surface area (Å²) in [5.41, 5.74) is 0.183. The average Bonchev–Trinajstić information content (AvgIpc) is 2.22. The second-order valence-electron chi connectivity index (χ2n) is 3.88. The first kappa shape index (κ1) is 13.6. The van der Waals surface area contributed by atoms with E-state index in [-0.39, 0.29) is 24.8 Å². The van der Waals surface area contributed by atoms with Crippen LogP contribution in [0, 0.1) is 11.6 Å². The lowest BCUT2D eigenvalue weighted by Crippen LogP contribution is -2.26. The number of hydrogen-bond acceptors (Lipinski definition) is 3. The number of halogens is 2. The Morgan fingerprint density at radius 2 is 2.12 bits per heavy atom. The van der Waals surface area contributed by atoms with Crippen LogP contribution < -0.4 is 5.32 Å². The van der Waals surface area contributed by atoms with E-state index in [0.717, 1.165) is 18.2 Å². The van der Waals surface area contributed by atoms with Gasteiger partial charge in [0, 0.05) is 12.1 Å². The molecule has 5 heteroatoms. The first-order chi connectivity index (χ1) is 7.99. The van der Waals surface area contributed by atoms with Gasteiger partial charge in [0.2, 0.25) is 0 Å². The Balaban J connectivity index is 2.40. The van der Waals surface area contributed by atoms with Gasteiger partial charge in [0.15, 0.2) is 0 Å². The molecule has 0 unspecified atom stereocenters. The van der Waals surface area contributed by atoms with Gasteiger partial charge in [-0.2, -0.15) is 0 Å². The third-order valence-corrected chi connectivity index (χ3v) is 1.96. The summed E-state index contributed by atoms with van der Waals surface area (Å²) in [6, 6.07) is 3.20. The molecule has 0 aliphatic heterocycles. The highest BCUT2D eigenvalue weighted by molar-refractivity contribution is 5.71. The van der Waals surface area contributed by atoms with Crippen molar-refractivity contribution in [3.63, 3.8) is 0 Å². The summed E-state index contributed by atoms with van der Waals surface area (Å²) in [5, 5.41) is 2.69. The molecule has 0 radical (unpaired) electrons. The predicted octanol–water partition coefficient (Wildman–Crippen LogP) is 2.01. The standard InChI is InChI=1S/C12H15F2NO2/c1-8(2)17-12(16)7-15-6-9-5-10(13)3-4-11(9)14/h3-5,8,15H,6-7H2,1-2H3. The van der Waals surface area contributed by atoms with E-state index in [1.165, 1.54) is 0 Å². The van der Waals surface area contributed by atoms with Crippen LogP contribution in [0.25, 0.3) is 0 Å². The number of ether oxygens (including phenoxy) is 1. The molecular weight excluding hydrogens is 228 g/mol. The molecule has 0 atom stereocenters. The molecule has 0 aliphatic rings. The molecular formula is C12H15F2NO2. The summed E-state index contributed by atoms with van der Waals surface area (Å²) in [6.07, 6.45) is -0.185. The number of nitrogens with one attached hydrogen (secondary N) is 1. The van der Waals surface area contributed by atoms with Crippen LogP contribution in [0.5, 0.6) is 0 Å². The van der Waals surface area contributed by atoms with Gasteiger partial charge in [-0.05, 0) is 32.0 Å². The number of hydrogen-bond donors (Lipinski definition) is 1. The molecule has 94 valence electrons. The highest BCUT2D eigenvalue weighted by Crippen LogP contribution is 2.08. The molecule has 0 fully saturated rings. The molecule has 0 amide bonds. The third-order valence-electron chi connectivity index (χ3n) is 1.96. The van der Waals surface area contributed by atoms with Crippen LogP contribution in [0.4, 0.5) is 8.78 Å². The largest absolute Gasteiger partial charge is 0.462 e.